The molecule has 0 fully saturated rings. The van der Waals surface area contributed by atoms with Crippen molar-refractivity contribution in [1.29, 1.82) is 0 Å². The topological polar surface area (TPSA) is 73.5 Å². The predicted molar refractivity (Wildman–Crippen MR) is 96.2 cm³/mol. The van der Waals surface area contributed by atoms with Gasteiger partial charge in [0.25, 0.3) is 5.56 Å². The molecular weight excluding hydrogens is 375 g/mol. The van der Waals surface area contributed by atoms with Crippen LogP contribution < -0.4 is 15.6 Å². The summed E-state index contributed by atoms with van der Waals surface area (Å²) < 4.78 is 44.2. The molecule has 2 aromatic heterocycles. The smallest absolute Gasteiger partial charge is 0.406 e. The molecule has 0 amide bonds. The average molecular weight is 389 g/mol. The molecule has 10 heteroatoms. The van der Waals surface area contributed by atoms with Gasteiger partial charge in [0.15, 0.2) is 5.82 Å². The maximum atomic E-state index is 12.4. The monoisotopic (exact) mass is 389 g/mol. The average Bonchev–Trinajstić information content (AvgIpc) is 3.08. The van der Waals surface area contributed by atoms with Gasteiger partial charge in [-0.1, -0.05) is 18.2 Å². The number of aryl methyl sites for hydroxylation is 1. The quantitative estimate of drug-likeness (QED) is 0.581. The van der Waals surface area contributed by atoms with Crippen molar-refractivity contribution in [3.63, 3.8) is 0 Å². The van der Waals surface area contributed by atoms with E-state index in [9.17, 15) is 18.0 Å². The lowest BCUT2D eigenvalue weighted by atomic mass is 10.2. The Labute approximate surface area is 156 Å². The number of aromatic nitrogens is 4. The summed E-state index contributed by atoms with van der Waals surface area (Å²) in [6.07, 6.45) is -4.76. The molecule has 0 unspecified atom stereocenters. The lowest BCUT2D eigenvalue weighted by Gasteiger charge is -2.11. The highest BCUT2D eigenvalue weighted by Crippen LogP contribution is 2.25. The van der Waals surface area contributed by atoms with Crippen molar-refractivity contribution < 1.29 is 17.9 Å². The second-order valence-electron chi connectivity index (χ2n) is 6.06. The zero-order valence-corrected chi connectivity index (χ0v) is 14.6. The van der Waals surface area contributed by atoms with Gasteiger partial charge in [0.05, 0.1) is 17.4 Å². The summed E-state index contributed by atoms with van der Waals surface area (Å²) in [5, 5.41) is 11.7. The minimum absolute atomic E-state index is 0.179. The molecule has 0 saturated carbocycles. The number of hydrogen-bond acceptors (Lipinski definition) is 5. The normalized spacial score (nSPS) is 11.9. The first-order chi connectivity index (χ1) is 13.3. The Kier molecular flexibility index (Phi) is 4.17. The van der Waals surface area contributed by atoms with E-state index in [1.54, 1.807) is 41.8 Å². The number of halogens is 3. The first-order valence-corrected chi connectivity index (χ1v) is 8.25. The first kappa shape index (κ1) is 17.8. The van der Waals surface area contributed by atoms with Crippen LogP contribution in [-0.4, -0.2) is 25.5 Å². The number of nitrogens with one attached hydrogen (secondary N) is 1. The fraction of sp³-hybridized carbons (Fsp3) is 0.167. The lowest BCUT2D eigenvalue weighted by molar-refractivity contribution is -0.274. The third kappa shape index (κ3) is 3.24. The van der Waals surface area contributed by atoms with Crippen LogP contribution in [-0.2, 0) is 13.6 Å². The Balaban J connectivity index is 1.68. The molecule has 0 spiro atoms. The standard InChI is InChI=1S/C18H14F3N5O2/c1-25-16(27)13-7-2-3-8-14(13)26-15(23-24-17(25)26)10-22-11-5-4-6-12(9-11)28-18(19,20)21/h2-9,22H,10H2,1H3. The minimum atomic E-state index is -4.76. The summed E-state index contributed by atoms with van der Waals surface area (Å²) >= 11 is 0. The molecule has 0 radical (unpaired) electrons. The van der Waals surface area contributed by atoms with Crippen LogP contribution in [0.4, 0.5) is 18.9 Å². The van der Waals surface area contributed by atoms with E-state index in [2.05, 4.69) is 20.3 Å². The molecule has 0 aliphatic carbocycles. The van der Waals surface area contributed by atoms with Crippen molar-refractivity contribution in [1.82, 2.24) is 19.2 Å². The van der Waals surface area contributed by atoms with Gasteiger partial charge in [-0.15, -0.1) is 23.4 Å². The highest BCUT2D eigenvalue weighted by Gasteiger charge is 2.31. The zero-order valence-electron chi connectivity index (χ0n) is 14.6. The molecule has 1 N–H and O–H groups in total. The second-order valence-corrected chi connectivity index (χ2v) is 6.06. The van der Waals surface area contributed by atoms with E-state index in [-0.39, 0.29) is 17.9 Å². The van der Waals surface area contributed by atoms with E-state index < -0.39 is 6.36 Å². The Bertz CT molecular complexity index is 1230. The fourth-order valence-electron chi connectivity index (χ4n) is 2.99. The molecule has 0 bridgehead atoms. The van der Waals surface area contributed by atoms with Gasteiger partial charge in [-0.2, -0.15) is 0 Å². The van der Waals surface area contributed by atoms with Gasteiger partial charge in [-0.25, -0.2) is 0 Å². The van der Waals surface area contributed by atoms with Gasteiger partial charge in [-0.05, 0) is 24.3 Å². The highest BCUT2D eigenvalue weighted by atomic mass is 19.4. The van der Waals surface area contributed by atoms with E-state index in [4.69, 9.17) is 0 Å². The van der Waals surface area contributed by atoms with Crippen LogP contribution in [0.2, 0.25) is 0 Å². The molecule has 2 heterocycles. The number of hydrogen-bond donors (Lipinski definition) is 1. The number of benzene rings is 2. The van der Waals surface area contributed by atoms with E-state index in [1.807, 2.05) is 0 Å². The minimum Gasteiger partial charge on any atom is -0.406 e. The summed E-state index contributed by atoms with van der Waals surface area (Å²) in [6.45, 7) is 0.179. The molecule has 0 saturated heterocycles. The van der Waals surface area contributed by atoms with Crippen molar-refractivity contribution in [3.05, 3.63) is 64.7 Å². The van der Waals surface area contributed by atoms with Crippen molar-refractivity contribution in [3.8, 4) is 5.75 Å². The van der Waals surface area contributed by atoms with Crippen molar-refractivity contribution >= 4 is 22.4 Å². The van der Waals surface area contributed by atoms with Gasteiger partial charge in [0, 0.05) is 18.8 Å². The second kappa shape index (κ2) is 6.55. The Morgan fingerprint density at radius 3 is 2.68 bits per heavy atom. The number of fused-ring (bicyclic) bond motifs is 3. The third-order valence-electron chi connectivity index (χ3n) is 4.21. The van der Waals surface area contributed by atoms with E-state index >= 15 is 0 Å². The van der Waals surface area contributed by atoms with Gasteiger partial charge >= 0.3 is 6.36 Å². The Hall–Kier alpha value is -3.56. The lowest BCUT2D eigenvalue weighted by Crippen LogP contribution is -2.20. The summed E-state index contributed by atoms with van der Waals surface area (Å²) in [5.41, 5.74) is 0.885. The zero-order chi connectivity index (χ0) is 19.9. The molecular formula is C18H14F3N5O2. The third-order valence-corrected chi connectivity index (χ3v) is 4.21. The highest BCUT2D eigenvalue weighted by molar-refractivity contribution is 5.80. The van der Waals surface area contributed by atoms with Crippen LogP contribution in [0.3, 0.4) is 0 Å². The molecule has 0 aliphatic heterocycles. The molecule has 4 aromatic rings. The number of alkyl halides is 3. The summed E-state index contributed by atoms with van der Waals surface area (Å²) in [5.74, 6) is 0.551. The van der Waals surface area contributed by atoms with Crippen molar-refractivity contribution in [2.45, 2.75) is 12.9 Å². The van der Waals surface area contributed by atoms with Crippen LogP contribution in [0.15, 0.2) is 53.3 Å². The number of rotatable bonds is 4. The molecule has 144 valence electrons. The maximum Gasteiger partial charge on any atom is 0.573 e. The van der Waals surface area contributed by atoms with Crippen LogP contribution in [0.25, 0.3) is 16.7 Å². The molecule has 4 rings (SSSR count). The fourth-order valence-corrected chi connectivity index (χ4v) is 2.99. The van der Waals surface area contributed by atoms with E-state index in [0.717, 1.165) is 0 Å². The Morgan fingerprint density at radius 2 is 1.89 bits per heavy atom. The molecule has 7 nitrogen and oxygen atoms in total. The summed E-state index contributed by atoms with van der Waals surface area (Å²) in [4.78, 5) is 12.4. The van der Waals surface area contributed by atoms with E-state index in [1.165, 1.54) is 22.8 Å². The van der Waals surface area contributed by atoms with Gasteiger partial charge in [0.1, 0.15) is 5.75 Å². The Morgan fingerprint density at radius 1 is 1.11 bits per heavy atom. The van der Waals surface area contributed by atoms with Crippen LogP contribution >= 0.6 is 0 Å². The van der Waals surface area contributed by atoms with Crippen LogP contribution in [0.1, 0.15) is 5.82 Å². The number of anilines is 1. The molecule has 0 aliphatic rings. The first-order valence-electron chi connectivity index (χ1n) is 8.25. The summed E-state index contributed by atoms with van der Waals surface area (Å²) in [6, 6.07) is 12.6. The van der Waals surface area contributed by atoms with Gasteiger partial charge in [0.2, 0.25) is 5.78 Å². The number of para-hydroxylation sites is 1. The van der Waals surface area contributed by atoms with Gasteiger partial charge in [-0.3, -0.25) is 13.8 Å². The SMILES string of the molecule is Cn1c(=O)c2ccccc2n2c(CNc3cccc(OC(F)(F)F)c3)nnc12. The van der Waals surface area contributed by atoms with Crippen molar-refractivity contribution in [2.75, 3.05) is 5.32 Å². The largest absolute Gasteiger partial charge is 0.573 e. The molecule has 0 atom stereocenters. The molecule has 28 heavy (non-hydrogen) atoms. The summed E-state index contributed by atoms with van der Waals surface area (Å²) in [7, 11) is 1.61. The number of nitrogens with zero attached hydrogens (tertiary/aromatic N) is 4. The van der Waals surface area contributed by atoms with Crippen LogP contribution in [0.5, 0.6) is 5.75 Å². The predicted octanol–water partition coefficient (Wildman–Crippen LogP) is 3.09. The van der Waals surface area contributed by atoms with Crippen LogP contribution in [0, 0.1) is 0 Å². The van der Waals surface area contributed by atoms with Gasteiger partial charge < -0.3 is 10.1 Å². The van der Waals surface area contributed by atoms with E-state index in [0.29, 0.717) is 28.2 Å². The van der Waals surface area contributed by atoms with Crippen molar-refractivity contribution in [2.24, 2.45) is 7.05 Å². The maximum absolute atomic E-state index is 12.4. The molecule has 2 aromatic carbocycles. The number of ether oxygens (including phenoxy) is 1.